The van der Waals surface area contributed by atoms with Gasteiger partial charge in [0, 0.05) is 38.4 Å². The van der Waals surface area contributed by atoms with Gasteiger partial charge in [-0.05, 0) is 0 Å². The van der Waals surface area contributed by atoms with Crippen molar-refractivity contribution in [1.82, 2.24) is 14.8 Å². The van der Waals surface area contributed by atoms with Crippen LogP contribution in [0.25, 0.3) is 0 Å². The van der Waals surface area contributed by atoms with Crippen molar-refractivity contribution in [2.24, 2.45) is 7.05 Å². The monoisotopic (exact) mass is 273 g/mol. The summed E-state index contributed by atoms with van der Waals surface area (Å²) >= 11 is 1.69. The summed E-state index contributed by atoms with van der Waals surface area (Å²) in [6.07, 6.45) is 5.67. The van der Waals surface area contributed by atoms with E-state index in [1.165, 1.54) is 4.88 Å². The summed E-state index contributed by atoms with van der Waals surface area (Å²) in [5.74, 6) is 0. The fourth-order valence-electron chi connectivity index (χ4n) is 1.29. The number of hydrogen-bond donors (Lipinski definition) is 1. The second-order valence-corrected chi connectivity index (χ2v) is 4.85. The van der Waals surface area contributed by atoms with Crippen LogP contribution >= 0.6 is 23.7 Å². The van der Waals surface area contributed by atoms with E-state index < -0.39 is 0 Å². The predicted molar refractivity (Wildman–Crippen MR) is 74.2 cm³/mol. The van der Waals surface area contributed by atoms with Crippen LogP contribution in [0, 0.1) is 0 Å². The Bertz CT molecular complexity index is 465. The maximum Gasteiger partial charge on any atom is 0.185 e. The van der Waals surface area contributed by atoms with E-state index in [0.717, 1.165) is 17.4 Å². The molecule has 0 aliphatic carbocycles. The van der Waals surface area contributed by atoms with Gasteiger partial charge in [0.15, 0.2) is 5.13 Å². The Hall–Kier alpha value is -1.27. The van der Waals surface area contributed by atoms with Crippen molar-refractivity contribution in [2.75, 3.05) is 24.3 Å². The number of aromatic nitrogens is 3. The fraction of sp³-hybridized carbons (Fsp3) is 0.400. The van der Waals surface area contributed by atoms with E-state index in [1.54, 1.807) is 16.0 Å². The molecule has 5 nitrogen and oxygen atoms in total. The van der Waals surface area contributed by atoms with Crippen LogP contribution in [-0.2, 0) is 13.6 Å². The number of aryl methyl sites for hydroxylation is 1. The molecule has 0 fully saturated rings. The van der Waals surface area contributed by atoms with Crippen LogP contribution in [0.4, 0.5) is 10.8 Å². The first kappa shape index (κ1) is 13.8. The Kier molecular flexibility index (Phi) is 4.77. The average molecular weight is 274 g/mol. The first-order valence-electron chi connectivity index (χ1n) is 4.99. The molecule has 0 aromatic carbocycles. The van der Waals surface area contributed by atoms with Gasteiger partial charge in [-0.25, -0.2) is 4.98 Å². The molecule has 7 heteroatoms. The number of rotatable bonds is 4. The molecule has 0 aliphatic rings. The standard InChI is InChI=1S/C10H15N5S.ClH/c1-14(2)10-12-6-9(16-10)5-11-8-4-13-15(3)7-8;/h4,6-7,11H,5H2,1-3H3;1H. The van der Waals surface area contributed by atoms with E-state index in [9.17, 15) is 0 Å². The van der Waals surface area contributed by atoms with Crippen molar-refractivity contribution in [2.45, 2.75) is 6.54 Å². The summed E-state index contributed by atoms with van der Waals surface area (Å²) in [6.45, 7) is 0.789. The van der Waals surface area contributed by atoms with Crippen molar-refractivity contribution < 1.29 is 0 Å². The third-order valence-corrected chi connectivity index (χ3v) is 3.26. The minimum absolute atomic E-state index is 0. The molecular weight excluding hydrogens is 258 g/mol. The summed E-state index contributed by atoms with van der Waals surface area (Å²) in [6, 6.07) is 0. The Morgan fingerprint density at radius 3 is 2.71 bits per heavy atom. The number of halogens is 1. The minimum Gasteiger partial charge on any atom is -0.378 e. The van der Waals surface area contributed by atoms with Gasteiger partial charge in [-0.3, -0.25) is 4.68 Å². The van der Waals surface area contributed by atoms with Crippen LogP contribution in [0.15, 0.2) is 18.6 Å². The van der Waals surface area contributed by atoms with Gasteiger partial charge >= 0.3 is 0 Å². The topological polar surface area (TPSA) is 46.0 Å². The first-order chi connectivity index (χ1) is 7.65. The highest BCUT2D eigenvalue weighted by Crippen LogP contribution is 2.21. The van der Waals surface area contributed by atoms with E-state index in [4.69, 9.17) is 0 Å². The summed E-state index contributed by atoms with van der Waals surface area (Å²) in [7, 11) is 5.90. The molecule has 1 N–H and O–H groups in total. The third-order valence-electron chi connectivity index (χ3n) is 2.10. The molecule has 2 heterocycles. The molecule has 0 unspecified atom stereocenters. The van der Waals surface area contributed by atoms with E-state index in [-0.39, 0.29) is 12.4 Å². The quantitative estimate of drug-likeness (QED) is 0.925. The zero-order valence-electron chi connectivity index (χ0n) is 10.0. The molecule has 2 rings (SSSR count). The maximum atomic E-state index is 4.32. The van der Waals surface area contributed by atoms with Gasteiger partial charge in [-0.1, -0.05) is 0 Å². The third kappa shape index (κ3) is 3.61. The van der Waals surface area contributed by atoms with Gasteiger partial charge in [0.25, 0.3) is 0 Å². The van der Waals surface area contributed by atoms with Crippen molar-refractivity contribution in [3.8, 4) is 0 Å². The van der Waals surface area contributed by atoms with Crippen LogP contribution < -0.4 is 10.2 Å². The van der Waals surface area contributed by atoms with Crippen LogP contribution in [-0.4, -0.2) is 28.9 Å². The molecule has 0 saturated carbocycles. The second kappa shape index (κ2) is 5.88. The summed E-state index contributed by atoms with van der Waals surface area (Å²) in [4.78, 5) is 7.54. The van der Waals surface area contributed by atoms with Crippen molar-refractivity contribution in [1.29, 1.82) is 0 Å². The van der Waals surface area contributed by atoms with Crippen LogP contribution in [0.5, 0.6) is 0 Å². The molecule has 0 atom stereocenters. The number of nitrogens with one attached hydrogen (secondary N) is 1. The van der Waals surface area contributed by atoms with Gasteiger partial charge < -0.3 is 10.2 Å². The zero-order chi connectivity index (χ0) is 11.5. The van der Waals surface area contributed by atoms with Crippen LogP contribution in [0.2, 0.25) is 0 Å². The lowest BCUT2D eigenvalue weighted by atomic mass is 10.5. The SMILES string of the molecule is CN(C)c1ncc(CNc2cnn(C)c2)s1.Cl. The van der Waals surface area contributed by atoms with Crippen molar-refractivity contribution in [3.05, 3.63) is 23.5 Å². The second-order valence-electron chi connectivity index (χ2n) is 3.76. The smallest absolute Gasteiger partial charge is 0.185 e. The minimum atomic E-state index is 0. The molecular formula is C10H16ClN5S. The average Bonchev–Trinajstić information content (AvgIpc) is 2.83. The van der Waals surface area contributed by atoms with Crippen LogP contribution in [0.1, 0.15) is 4.88 Å². The van der Waals surface area contributed by atoms with E-state index >= 15 is 0 Å². The first-order valence-corrected chi connectivity index (χ1v) is 5.81. The highest BCUT2D eigenvalue weighted by Gasteiger charge is 2.03. The van der Waals surface area contributed by atoms with E-state index in [2.05, 4.69) is 15.4 Å². The summed E-state index contributed by atoms with van der Waals surface area (Å²) in [5.41, 5.74) is 1.03. The number of thiazole rings is 1. The van der Waals surface area contributed by atoms with Crippen molar-refractivity contribution in [3.63, 3.8) is 0 Å². The molecule has 17 heavy (non-hydrogen) atoms. The predicted octanol–water partition coefficient (Wildman–Crippen LogP) is 1.98. The van der Waals surface area contributed by atoms with Gasteiger partial charge in [-0.2, -0.15) is 5.10 Å². The Labute approximate surface area is 111 Å². The summed E-state index contributed by atoms with van der Waals surface area (Å²) in [5, 5.41) is 8.43. The summed E-state index contributed by atoms with van der Waals surface area (Å²) < 4.78 is 1.78. The molecule has 0 saturated heterocycles. The number of nitrogens with zero attached hydrogens (tertiary/aromatic N) is 4. The Balaban J connectivity index is 0.00000144. The molecule has 2 aromatic rings. The zero-order valence-corrected chi connectivity index (χ0v) is 11.7. The number of hydrogen-bond acceptors (Lipinski definition) is 5. The highest BCUT2D eigenvalue weighted by molar-refractivity contribution is 7.15. The van der Waals surface area contributed by atoms with Gasteiger partial charge in [-0.15, -0.1) is 23.7 Å². The molecule has 0 spiro atoms. The normalized spacial score (nSPS) is 9.82. The largest absolute Gasteiger partial charge is 0.378 e. The Morgan fingerprint density at radius 2 is 2.18 bits per heavy atom. The molecule has 0 amide bonds. The lowest BCUT2D eigenvalue weighted by molar-refractivity contribution is 0.768. The van der Waals surface area contributed by atoms with Crippen molar-refractivity contribution >= 4 is 34.6 Å². The lowest BCUT2D eigenvalue weighted by Crippen LogP contribution is -2.07. The van der Waals surface area contributed by atoms with Gasteiger partial charge in [0.05, 0.1) is 18.4 Å². The molecule has 94 valence electrons. The lowest BCUT2D eigenvalue weighted by Gasteiger charge is -2.05. The molecule has 0 radical (unpaired) electrons. The number of anilines is 2. The van der Waals surface area contributed by atoms with E-state index in [1.807, 2.05) is 44.6 Å². The highest BCUT2D eigenvalue weighted by atomic mass is 35.5. The molecule has 0 aliphatic heterocycles. The Morgan fingerprint density at radius 1 is 1.41 bits per heavy atom. The molecule has 0 bridgehead atoms. The van der Waals surface area contributed by atoms with Gasteiger partial charge in [0.2, 0.25) is 0 Å². The van der Waals surface area contributed by atoms with E-state index in [0.29, 0.717) is 0 Å². The fourth-order valence-corrected chi connectivity index (χ4v) is 2.06. The van der Waals surface area contributed by atoms with Crippen LogP contribution in [0.3, 0.4) is 0 Å². The molecule has 2 aromatic heterocycles. The van der Waals surface area contributed by atoms with Gasteiger partial charge in [0.1, 0.15) is 0 Å². The maximum absolute atomic E-state index is 4.32.